The summed E-state index contributed by atoms with van der Waals surface area (Å²) >= 11 is 0. The smallest absolute Gasteiger partial charge is 0.255 e. The van der Waals surface area contributed by atoms with Crippen molar-refractivity contribution < 1.29 is 9.53 Å². The van der Waals surface area contributed by atoms with Gasteiger partial charge in [-0.25, -0.2) is 0 Å². The first kappa shape index (κ1) is 19.3. The maximum Gasteiger partial charge on any atom is 0.255 e. The van der Waals surface area contributed by atoms with Crippen LogP contribution in [0.5, 0.6) is 5.75 Å². The van der Waals surface area contributed by atoms with E-state index in [4.69, 9.17) is 4.74 Å². The van der Waals surface area contributed by atoms with Crippen LogP contribution in [0.4, 0.5) is 0 Å². The summed E-state index contributed by atoms with van der Waals surface area (Å²) in [6.45, 7) is 4.93. The molecule has 1 aromatic carbocycles. The third kappa shape index (κ3) is 4.52. The molecule has 0 saturated carbocycles. The Morgan fingerprint density at radius 1 is 1.28 bits per heavy atom. The zero-order chi connectivity index (χ0) is 17.0. The number of aromatic nitrogens is 2. The van der Waals surface area contributed by atoms with Crippen LogP contribution in [0.2, 0.25) is 0 Å². The van der Waals surface area contributed by atoms with E-state index >= 15 is 0 Å². The lowest BCUT2D eigenvalue weighted by Crippen LogP contribution is -2.42. The van der Waals surface area contributed by atoms with Gasteiger partial charge in [0.1, 0.15) is 5.75 Å². The molecular formula is C18H25ClN4O2. The zero-order valence-corrected chi connectivity index (χ0v) is 15.4. The molecule has 3 rings (SSSR count). The van der Waals surface area contributed by atoms with Crippen LogP contribution in [0, 0.1) is 5.41 Å². The fourth-order valence-corrected chi connectivity index (χ4v) is 3.03. The first-order valence-electron chi connectivity index (χ1n) is 8.28. The number of methoxy groups -OCH3 is 1. The van der Waals surface area contributed by atoms with Crippen LogP contribution >= 0.6 is 12.4 Å². The van der Waals surface area contributed by atoms with Crippen LogP contribution in [0.25, 0.3) is 11.3 Å². The number of carbonyl (C=O) groups is 1. The van der Waals surface area contributed by atoms with Gasteiger partial charge >= 0.3 is 0 Å². The van der Waals surface area contributed by atoms with Gasteiger partial charge in [-0.2, -0.15) is 5.10 Å². The second-order valence-corrected chi connectivity index (χ2v) is 6.63. The fourth-order valence-electron chi connectivity index (χ4n) is 3.03. The van der Waals surface area contributed by atoms with Crippen molar-refractivity contribution in [1.29, 1.82) is 0 Å². The molecule has 25 heavy (non-hydrogen) atoms. The van der Waals surface area contributed by atoms with Gasteiger partial charge in [-0.3, -0.25) is 9.89 Å². The number of hydrogen-bond acceptors (Lipinski definition) is 4. The Balaban J connectivity index is 0.00000225. The van der Waals surface area contributed by atoms with Crippen molar-refractivity contribution in [3.05, 3.63) is 36.0 Å². The standard InChI is InChI=1S/C18H24N4O2.ClH/c1-18(7-9-19-10-8-18)12-20-17(23)15-11-21-22-16(15)13-3-5-14(24-2)6-4-13;/h3-6,11,19H,7-10,12H2,1-2H3,(H,20,23)(H,21,22);1H. The van der Waals surface area contributed by atoms with E-state index < -0.39 is 0 Å². The lowest BCUT2D eigenvalue weighted by molar-refractivity contribution is 0.0923. The quantitative estimate of drug-likeness (QED) is 0.762. The van der Waals surface area contributed by atoms with Crippen LogP contribution < -0.4 is 15.4 Å². The van der Waals surface area contributed by atoms with Crippen LogP contribution in [-0.4, -0.2) is 42.8 Å². The monoisotopic (exact) mass is 364 g/mol. The lowest BCUT2D eigenvalue weighted by atomic mass is 9.81. The Kier molecular flexibility index (Phi) is 6.45. The number of H-pyrrole nitrogens is 1. The van der Waals surface area contributed by atoms with Gasteiger partial charge in [0, 0.05) is 12.1 Å². The highest BCUT2D eigenvalue weighted by Gasteiger charge is 2.27. The number of aromatic amines is 1. The SMILES string of the molecule is COc1ccc(-c2[nH]ncc2C(=O)NCC2(C)CCNCC2)cc1.Cl. The number of hydrogen-bond donors (Lipinski definition) is 3. The molecule has 1 aliphatic rings. The normalized spacial score (nSPS) is 15.9. The molecule has 2 heterocycles. The van der Waals surface area contributed by atoms with E-state index in [0.717, 1.165) is 42.9 Å². The number of benzene rings is 1. The Morgan fingerprint density at radius 3 is 2.60 bits per heavy atom. The van der Waals surface area contributed by atoms with Crippen molar-refractivity contribution in [2.45, 2.75) is 19.8 Å². The van der Waals surface area contributed by atoms with Crippen molar-refractivity contribution in [3.8, 4) is 17.0 Å². The van der Waals surface area contributed by atoms with Crippen LogP contribution in [0.1, 0.15) is 30.1 Å². The third-order valence-corrected chi connectivity index (χ3v) is 4.75. The van der Waals surface area contributed by atoms with Gasteiger partial charge in [0.15, 0.2) is 0 Å². The van der Waals surface area contributed by atoms with Crippen molar-refractivity contribution in [2.75, 3.05) is 26.7 Å². The van der Waals surface area contributed by atoms with E-state index in [0.29, 0.717) is 12.1 Å². The molecular weight excluding hydrogens is 340 g/mol. The predicted molar refractivity (Wildman–Crippen MR) is 100 cm³/mol. The highest BCUT2D eigenvalue weighted by Crippen LogP contribution is 2.27. The molecule has 1 aromatic heterocycles. The van der Waals surface area contributed by atoms with Gasteiger partial charge in [-0.1, -0.05) is 6.92 Å². The van der Waals surface area contributed by atoms with Gasteiger partial charge in [0.05, 0.1) is 24.6 Å². The number of nitrogens with zero attached hydrogens (tertiary/aromatic N) is 1. The summed E-state index contributed by atoms with van der Waals surface area (Å²) in [6.07, 6.45) is 3.73. The Labute approximate surface area is 154 Å². The maximum absolute atomic E-state index is 12.6. The number of piperidine rings is 1. The highest BCUT2D eigenvalue weighted by atomic mass is 35.5. The minimum atomic E-state index is -0.0886. The molecule has 136 valence electrons. The van der Waals surface area contributed by atoms with Gasteiger partial charge in [-0.05, 0) is 55.6 Å². The fraction of sp³-hybridized carbons (Fsp3) is 0.444. The molecule has 2 aromatic rings. The van der Waals surface area contributed by atoms with Crippen molar-refractivity contribution in [2.24, 2.45) is 5.41 Å². The molecule has 0 spiro atoms. The minimum Gasteiger partial charge on any atom is -0.497 e. The average Bonchev–Trinajstić information content (AvgIpc) is 3.10. The number of rotatable bonds is 5. The Hall–Kier alpha value is -2.05. The summed E-state index contributed by atoms with van der Waals surface area (Å²) in [5.41, 5.74) is 2.36. The molecule has 0 aliphatic carbocycles. The maximum atomic E-state index is 12.6. The number of halogens is 1. The molecule has 6 nitrogen and oxygen atoms in total. The molecule has 3 N–H and O–H groups in total. The minimum absolute atomic E-state index is 0. The summed E-state index contributed by atoms with van der Waals surface area (Å²) in [6, 6.07) is 7.57. The number of carbonyl (C=O) groups excluding carboxylic acids is 1. The molecule has 1 fully saturated rings. The second-order valence-electron chi connectivity index (χ2n) is 6.63. The summed E-state index contributed by atoms with van der Waals surface area (Å²) in [4.78, 5) is 12.6. The summed E-state index contributed by atoms with van der Waals surface area (Å²) in [5, 5.41) is 13.4. The molecule has 0 unspecified atom stereocenters. The molecule has 1 amide bonds. The number of ether oxygens (including phenoxy) is 1. The molecule has 0 bridgehead atoms. The first-order chi connectivity index (χ1) is 11.6. The lowest BCUT2D eigenvalue weighted by Gasteiger charge is -2.34. The van der Waals surface area contributed by atoms with Crippen molar-refractivity contribution in [1.82, 2.24) is 20.8 Å². The largest absolute Gasteiger partial charge is 0.497 e. The van der Waals surface area contributed by atoms with Crippen molar-refractivity contribution in [3.63, 3.8) is 0 Å². The zero-order valence-electron chi connectivity index (χ0n) is 14.6. The van der Waals surface area contributed by atoms with Crippen LogP contribution in [0.15, 0.2) is 30.5 Å². The molecule has 1 aliphatic heterocycles. The van der Waals surface area contributed by atoms with Crippen LogP contribution in [-0.2, 0) is 0 Å². The molecule has 0 atom stereocenters. The van der Waals surface area contributed by atoms with E-state index in [1.807, 2.05) is 24.3 Å². The predicted octanol–water partition coefficient (Wildman–Crippen LogP) is 2.63. The van der Waals surface area contributed by atoms with Gasteiger partial charge in [-0.15, -0.1) is 12.4 Å². The summed E-state index contributed by atoms with van der Waals surface area (Å²) in [5.74, 6) is 0.692. The third-order valence-electron chi connectivity index (χ3n) is 4.75. The Bertz CT molecular complexity index is 693. The number of amides is 1. The van der Waals surface area contributed by atoms with Gasteiger partial charge < -0.3 is 15.4 Å². The van der Waals surface area contributed by atoms with Gasteiger partial charge in [0.25, 0.3) is 5.91 Å². The average molecular weight is 365 g/mol. The van der Waals surface area contributed by atoms with E-state index in [1.54, 1.807) is 13.3 Å². The molecule has 1 saturated heterocycles. The van der Waals surface area contributed by atoms with E-state index in [1.165, 1.54) is 0 Å². The highest BCUT2D eigenvalue weighted by molar-refractivity contribution is 5.99. The Morgan fingerprint density at radius 2 is 1.96 bits per heavy atom. The van der Waals surface area contributed by atoms with E-state index in [-0.39, 0.29) is 23.7 Å². The summed E-state index contributed by atoms with van der Waals surface area (Å²) < 4.78 is 5.17. The number of nitrogens with one attached hydrogen (secondary N) is 3. The molecule has 0 radical (unpaired) electrons. The second kappa shape index (κ2) is 8.36. The summed E-state index contributed by atoms with van der Waals surface area (Å²) in [7, 11) is 1.63. The topological polar surface area (TPSA) is 79.0 Å². The van der Waals surface area contributed by atoms with Crippen LogP contribution in [0.3, 0.4) is 0 Å². The first-order valence-corrected chi connectivity index (χ1v) is 8.28. The van der Waals surface area contributed by atoms with E-state index in [2.05, 4.69) is 27.8 Å². The molecule has 7 heteroatoms. The van der Waals surface area contributed by atoms with E-state index in [9.17, 15) is 4.79 Å². The van der Waals surface area contributed by atoms with Gasteiger partial charge in [0.2, 0.25) is 0 Å². The van der Waals surface area contributed by atoms with Crippen molar-refractivity contribution >= 4 is 18.3 Å².